The minimum atomic E-state index is -3.54. The van der Waals surface area contributed by atoms with Crippen LogP contribution in [0.2, 0.25) is 0 Å². The first-order valence-corrected chi connectivity index (χ1v) is 8.13. The number of carbonyl (C=O) groups excluding carboxylic acids is 1. The molecule has 7 nitrogen and oxygen atoms in total. The molecule has 2 rings (SSSR count). The van der Waals surface area contributed by atoms with Crippen LogP contribution in [-0.2, 0) is 9.84 Å². The molecule has 0 radical (unpaired) electrons. The Kier molecular flexibility index (Phi) is 4.45. The first-order valence-electron chi connectivity index (χ1n) is 6.48. The van der Waals surface area contributed by atoms with Crippen molar-refractivity contribution in [3.63, 3.8) is 0 Å². The fraction of sp³-hybridized carbons (Fsp3) is 0.385. The maximum Gasteiger partial charge on any atom is 0.334 e. The SMILES string of the molecule is N#Cc1cccc(S(=O)(=O)CCN2CCCN(N)C2=O)c1. The average molecular weight is 308 g/mol. The van der Waals surface area contributed by atoms with Gasteiger partial charge in [0.15, 0.2) is 9.84 Å². The normalized spacial score (nSPS) is 15.9. The number of amides is 2. The van der Waals surface area contributed by atoms with Crippen molar-refractivity contribution in [1.82, 2.24) is 9.91 Å². The molecule has 1 fully saturated rings. The van der Waals surface area contributed by atoms with Crippen molar-refractivity contribution in [3.05, 3.63) is 29.8 Å². The molecule has 0 aromatic heterocycles. The third kappa shape index (κ3) is 3.51. The highest BCUT2D eigenvalue weighted by atomic mass is 32.2. The zero-order valence-corrected chi connectivity index (χ0v) is 12.2. The van der Waals surface area contributed by atoms with Crippen molar-refractivity contribution < 1.29 is 13.2 Å². The van der Waals surface area contributed by atoms with E-state index in [1.807, 2.05) is 6.07 Å². The lowest BCUT2D eigenvalue weighted by Crippen LogP contribution is -2.53. The maximum absolute atomic E-state index is 12.2. The average Bonchev–Trinajstić information content (AvgIpc) is 2.49. The molecule has 0 bridgehead atoms. The standard InChI is InChI=1S/C13H16N4O3S/c14-10-11-3-1-4-12(9-11)21(19,20)8-7-16-5-2-6-17(15)13(16)18/h1,3-4,9H,2,5-8,15H2. The van der Waals surface area contributed by atoms with Crippen LogP contribution in [0.3, 0.4) is 0 Å². The third-order valence-corrected chi connectivity index (χ3v) is 4.99. The number of urea groups is 1. The van der Waals surface area contributed by atoms with E-state index in [9.17, 15) is 13.2 Å². The topological polar surface area (TPSA) is 108 Å². The summed E-state index contributed by atoms with van der Waals surface area (Å²) in [6, 6.07) is 7.40. The Bertz CT molecular complexity index is 681. The number of nitrogens with zero attached hydrogens (tertiary/aromatic N) is 3. The van der Waals surface area contributed by atoms with Gasteiger partial charge in [-0.25, -0.2) is 19.1 Å². The van der Waals surface area contributed by atoms with E-state index in [2.05, 4.69) is 0 Å². The molecule has 1 saturated heterocycles. The summed E-state index contributed by atoms with van der Waals surface area (Å²) >= 11 is 0. The molecule has 0 spiro atoms. The molecule has 1 aliphatic rings. The molecule has 1 aliphatic heterocycles. The minimum Gasteiger partial charge on any atom is -0.322 e. The van der Waals surface area contributed by atoms with Crippen molar-refractivity contribution in [3.8, 4) is 6.07 Å². The van der Waals surface area contributed by atoms with E-state index in [-0.39, 0.29) is 23.2 Å². The van der Waals surface area contributed by atoms with Crippen LogP contribution in [0.4, 0.5) is 4.79 Å². The molecule has 0 unspecified atom stereocenters. The Morgan fingerprint density at radius 3 is 2.81 bits per heavy atom. The number of hydrazine groups is 1. The summed E-state index contributed by atoms with van der Waals surface area (Å²) in [6.07, 6.45) is 0.714. The van der Waals surface area contributed by atoms with Gasteiger partial charge in [0.2, 0.25) is 0 Å². The summed E-state index contributed by atoms with van der Waals surface area (Å²) < 4.78 is 24.5. The first kappa shape index (κ1) is 15.3. The van der Waals surface area contributed by atoms with E-state index in [1.165, 1.54) is 23.1 Å². The summed E-state index contributed by atoms with van der Waals surface area (Å²) in [5.41, 5.74) is 0.290. The molecule has 0 atom stereocenters. The van der Waals surface area contributed by atoms with Crippen LogP contribution in [-0.4, -0.2) is 49.7 Å². The molecule has 0 saturated carbocycles. The quantitative estimate of drug-likeness (QED) is 0.637. The summed E-state index contributed by atoms with van der Waals surface area (Å²) in [5.74, 6) is 5.32. The predicted molar refractivity (Wildman–Crippen MR) is 75.7 cm³/mol. The summed E-state index contributed by atoms with van der Waals surface area (Å²) in [7, 11) is -3.54. The van der Waals surface area contributed by atoms with Crippen LogP contribution < -0.4 is 5.84 Å². The number of sulfone groups is 1. The van der Waals surface area contributed by atoms with E-state index in [4.69, 9.17) is 11.1 Å². The lowest BCUT2D eigenvalue weighted by Gasteiger charge is -2.32. The van der Waals surface area contributed by atoms with Crippen LogP contribution in [0.15, 0.2) is 29.2 Å². The van der Waals surface area contributed by atoms with Gasteiger partial charge in [-0.15, -0.1) is 0 Å². The monoisotopic (exact) mass is 308 g/mol. The molecule has 1 heterocycles. The lowest BCUT2D eigenvalue weighted by atomic mass is 10.2. The molecule has 2 N–H and O–H groups in total. The zero-order valence-electron chi connectivity index (χ0n) is 11.4. The van der Waals surface area contributed by atoms with Gasteiger partial charge in [0.25, 0.3) is 0 Å². The molecule has 0 aliphatic carbocycles. The Morgan fingerprint density at radius 2 is 2.10 bits per heavy atom. The fourth-order valence-electron chi connectivity index (χ4n) is 2.12. The highest BCUT2D eigenvalue weighted by Crippen LogP contribution is 2.14. The van der Waals surface area contributed by atoms with Gasteiger partial charge in [-0.05, 0) is 24.6 Å². The van der Waals surface area contributed by atoms with Crippen molar-refractivity contribution in [1.29, 1.82) is 5.26 Å². The molecule has 21 heavy (non-hydrogen) atoms. The first-order chi connectivity index (χ1) is 9.94. The summed E-state index contributed by atoms with van der Waals surface area (Å²) in [5, 5.41) is 9.90. The molecule has 8 heteroatoms. The van der Waals surface area contributed by atoms with Gasteiger partial charge in [0.1, 0.15) is 0 Å². The number of rotatable bonds is 4. The Hall–Kier alpha value is -2.11. The number of nitrogens with two attached hydrogens (primary N) is 1. The van der Waals surface area contributed by atoms with E-state index in [0.717, 1.165) is 5.01 Å². The van der Waals surface area contributed by atoms with E-state index in [0.29, 0.717) is 25.1 Å². The van der Waals surface area contributed by atoms with Gasteiger partial charge in [0, 0.05) is 19.6 Å². The second-order valence-electron chi connectivity index (χ2n) is 4.78. The largest absolute Gasteiger partial charge is 0.334 e. The van der Waals surface area contributed by atoms with Crippen molar-refractivity contribution in [2.75, 3.05) is 25.4 Å². The van der Waals surface area contributed by atoms with E-state index in [1.54, 1.807) is 6.07 Å². The van der Waals surface area contributed by atoms with Crippen LogP contribution in [0, 0.1) is 11.3 Å². The van der Waals surface area contributed by atoms with Gasteiger partial charge in [-0.1, -0.05) is 6.07 Å². The summed E-state index contributed by atoms with van der Waals surface area (Å²) in [6.45, 7) is 1.07. The predicted octanol–water partition coefficient (Wildman–Crippen LogP) is 0.333. The minimum absolute atomic E-state index is 0.0889. The Balaban J connectivity index is 2.08. The van der Waals surface area contributed by atoms with Gasteiger partial charge in [-0.2, -0.15) is 5.26 Å². The molecule has 112 valence electrons. The highest BCUT2D eigenvalue weighted by Gasteiger charge is 2.25. The van der Waals surface area contributed by atoms with Crippen LogP contribution >= 0.6 is 0 Å². The van der Waals surface area contributed by atoms with Gasteiger partial charge in [0.05, 0.1) is 22.3 Å². The molecule has 2 amide bonds. The van der Waals surface area contributed by atoms with Crippen molar-refractivity contribution in [2.45, 2.75) is 11.3 Å². The van der Waals surface area contributed by atoms with Gasteiger partial charge < -0.3 is 4.90 Å². The number of hydrogen-bond donors (Lipinski definition) is 1. The van der Waals surface area contributed by atoms with Gasteiger partial charge >= 0.3 is 6.03 Å². The Morgan fingerprint density at radius 1 is 1.33 bits per heavy atom. The highest BCUT2D eigenvalue weighted by molar-refractivity contribution is 7.91. The maximum atomic E-state index is 12.2. The summed E-state index contributed by atoms with van der Waals surface area (Å²) in [4.78, 5) is 13.3. The van der Waals surface area contributed by atoms with Crippen LogP contribution in [0.5, 0.6) is 0 Å². The van der Waals surface area contributed by atoms with Crippen LogP contribution in [0.1, 0.15) is 12.0 Å². The lowest BCUT2D eigenvalue weighted by molar-refractivity contribution is 0.133. The second kappa shape index (κ2) is 6.11. The van der Waals surface area contributed by atoms with Crippen LogP contribution in [0.25, 0.3) is 0 Å². The molecular weight excluding hydrogens is 292 g/mol. The smallest absolute Gasteiger partial charge is 0.322 e. The number of carbonyl (C=O) groups is 1. The number of nitriles is 1. The van der Waals surface area contributed by atoms with Crippen molar-refractivity contribution in [2.24, 2.45) is 5.84 Å². The van der Waals surface area contributed by atoms with Gasteiger partial charge in [-0.3, -0.25) is 5.01 Å². The number of benzene rings is 1. The zero-order chi connectivity index (χ0) is 15.5. The van der Waals surface area contributed by atoms with Crippen molar-refractivity contribution >= 4 is 15.9 Å². The fourth-order valence-corrected chi connectivity index (χ4v) is 3.41. The Labute approximate surface area is 123 Å². The number of hydrogen-bond acceptors (Lipinski definition) is 5. The van der Waals surface area contributed by atoms with E-state index >= 15 is 0 Å². The third-order valence-electron chi connectivity index (χ3n) is 3.30. The van der Waals surface area contributed by atoms with E-state index < -0.39 is 9.84 Å². The second-order valence-corrected chi connectivity index (χ2v) is 6.88. The molecule has 1 aromatic carbocycles. The molecular formula is C13H16N4O3S. The molecule has 1 aromatic rings.